The van der Waals surface area contributed by atoms with E-state index in [9.17, 15) is 9.50 Å². The molecule has 0 bridgehead atoms. The molecule has 2 rings (SSSR count). The van der Waals surface area contributed by atoms with Crippen LogP contribution in [-0.2, 0) is 0 Å². The molecule has 1 heterocycles. The number of aliphatic hydroxyl groups is 1. The summed E-state index contributed by atoms with van der Waals surface area (Å²) in [6.45, 7) is 3.60. The molecule has 0 saturated carbocycles. The average Bonchev–Trinajstić information content (AvgIpc) is 2.52. The monoisotopic (exact) mass is 238 g/mol. The van der Waals surface area contributed by atoms with Crippen molar-refractivity contribution in [2.24, 2.45) is 0 Å². The highest BCUT2D eigenvalue weighted by Crippen LogP contribution is 2.22. The van der Waals surface area contributed by atoms with Gasteiger partial charge >= 0.3 is 0 Å². The number of anilines is 1. The van der Waals surface area contributed by atoms with Gasteiger partial charge in [-0.1, -0.05) is 12.1 Å². The molecule has 0 radical (unpaired) electrons. The minimum atomic E-state index is -0.222. The summed E-state index contributed by atoms with van der Waals surface area (Å²) in [7, 11) is 0. The van der Waals surface area contributed by atoms with Gasteiger partial charge in [0.1, 0.15) is 5.82 Å². The molecule has 94 valence electrons. The molecule has 4 heteroatoms. The molecule has 17 heavy (non-hydrogen) atoms. The number of halogens is 1. The molecule has 1 saturated heterocycles. The largest absolute Gasteiger partial charge is 0.394 e. The highest BCUT2D eigenvalue weighted by atomic mass is 19.1. The Morgan fingerprint density at radius 1 is 1.47 bits per heavy atom. The van der Waals surface area contributed by atoms with E-state index >= 15 is 0 Å². The van der Waals surface area contributed by atoms with Crippen molar-refractivity contribution in [3.8, 4) is 0 Å². The molecule has 2 N–H and O–H groups in total. The van der Waals surface area contributed by atoms with Gasteiger partial charge in [0.05, 0.1) is 18.3 Å². The molecule has 3 nitrogen and oxygen atoms in total. The normalized spacial score (nSPS) is 25.7. The highest BCUT2D eigenvalue weighted by molar-refractivity contribution is 5.49. The zero-order valence-electron chi connectivity index (χ0n) is 10.1. The molecule has 0 spiro atoms. The van der Waals surface area contributed by atoms with Crippen LogP contribution in [0.5, 0.6) is 0 Å². The molecular weight excluding hydrogens is 219 g/mol. The van der Waals surface area contributed by atoms with Crippen molar-refractivity contribution >= 4 is 5.69 Å². The zero-order chi connectivity index (χ0) is 12.3. The van der Waals surface area contributed by atoms with Gasteiger partial charge in [0.25, 0.3) is 0 Å². The van der Waals surface area contributed by atoms with Crippen LogP contribution < -0.4 is 10.2 Å². The van der Waals surface area contributed by atoms with Gasteiger partial charge in [0.15, 0.2) is 0 Å². The topological polar surface area (TPSA) is 35.5 Å². The first-order valence-corrected chi connectivity index (χ1v) is 6.07. The Balaban J connectivity index is 2.24. The van der Waals surface area contributed by atoms with Crippen molar-refractivity contribution < 1.29 is 9.50 Å². The first-order chi connectivity index (χ1) is 8.22. The summed E-state index contributed by atoms with van der Waals surface area (Å²) in [4.78, 5) is 1.96. The van der Waals surface area contributed by atoms with Gasteiger partial charge in [-0.2, -0.15) is 0 Å². The lowest BCUT2D eigenvalue weighted by Gasteiger charge is -2.30. The minimum absolute atomic E-state index is 0.0358. The number of hydrogen-bond donors (Lipinski definition) is 2. The molecule has 2 atom stereocenters. The van der Waals surface area contributed by atoms with E-state index < -0.39 is 0 Å². The molecule has 1 aromatic rings. The molecule has 1 fully saturated rings. The summed E-state index contributed by atoms with van der Waals surface area (Å²) in [5.41, 5.74) is 0.586. The van der Waals surface area contributed by atoms with E-state index in [0.29, 0.717) is 18.3 Å². The van der Waals surface area contributed by atoms with Crippen LogP contribution in [0.2, 0.25) is 0 Å². The SMILES string of the molecule is CC1CCN(c2ccccc2F)C(CO)CN1. The standard InChI is InChI=1S/C13H19FN2O/c1-10-6-7-16(11(9-17)8-15-10)13-5-3-2-4-12(13)14/h2-5,10-11,15,17H,6-9H2,1H3. The van der Waals surface area contributed by atoms with Gasteiger partial charge in [-0.05, 0) is 25.5 Å². The Labute approximate surface area is 101 Å². The van der Waals surface area contributed by atoms with E-state index in [4.69, 9.17) is 0 Å². The van der Waals surface area contributed by atoms with Gasteiger partial charge in [0.2, 0.25) is 0 Å². The van der Waals surface area contributed by atoms with E-state index in [1.807, 2.05) is 11.0 Å². The Kier molecular flexibility index (Phi) is 3.97. The predicted molar refractivity (Wildman–Crippen MR) is 66.7 cm³/mol. The quantitative estimate of drug-likeness (QED) is 0.817. The summed E-state index contributed by atoms with van der Waals surface area (Å²) >= 11 is 0. The van der Waals surface area contributed by atoms with E-state index in [1.165, 1.54) is 6.07 Å². The number of benzene rings is 1. The first kappa shape index (κ1) is 12.3. The molecule has 0 aromatic heterocycles. The Morgan fingerprint density at radius 3 is 2.94 bits per heavy atom. The lowest BCUT2D eigenvalue weighted by molar-refractivity contribution is 0.258. The molecule has 0 aliphatic carbocycles. The first-order valence-electron chi connectivity index (χ1n) is 6.07. The van der Waals surface area contributed by atoms with Crippen LogP contribution in [0.25, 0.3) is 0 Å². The zero-order valence-corrected chi connectivity index (χ0v) is 10.1. The Hall–Kier alpha value is -1.13. The third-order valence-corrected chi connectivity index (χ3v) is 3.32. The second kappa shape index (κ2) is 5.47. The smallest absolute Gasteiger partial charge is 0.146 e. The summed E-state index contributed by atoms with van der Waals surface area (Å²) in [5.74, 6) is -0.222. The van der Waals surface area contributed by atoms with Gasteiger partial charge in [-0.3, -0.25) is 0 Å². The van der Waals surface area contributed by atoms with Crippen molar-refractivity contribution in [2.45, 2.75) is 25.4 Å². The van der Waals surface area contributed by atoms with Crippen LogP contribution >= 0.6 is 0 Å². The number of aliphatic hydroxyl groups excluding tert-OH is 1. The maximum Gasteiger partial charge on any atom is 0.146 e. The fraction of sp³-hybridized carbons (Fsp3) is 0.538. The third kappa shape index (κ3) is 2.76. The van der Waals surface area contributed by atoms with Gasteiger partial charge in [-0.25, -0.2) is 4.39 Å². The third-order valence-electron chi connectivity index (χ3n) is 3.32. The molecule has 0 amide bonds. The van der Waals surface area contributed by atoms with Crippen LogP contribution in [0.1, 0.15) is 13.3 Å². The van der Waals surface area contributed by atoms with E-state index in [2.05, 4.69) is 12.2 Å². The van der Waals surface area contributed by atoms with Crippen molar-refractivity contribution in [2.75, 3.05) is 24.6 Å². The molecule has 1 aliphatic rings. The fourth-order valence-corrected chi connectivity index (χ4v) is 2.23. The number of nitrogens with one attached hydrogen (secondary N) is 1. The Bertz CT molecular complexity index is 372. The van der Waals surface area contributed by atoms with Crippen molar-refractivity contribution in [3.63, 3.8) is 0 Å². The number of rotatable bonds is 2. The molecule has 1 aliphatic heterocycles. The van der Waals surface area contributed by atoms with Gasteiger partial charge in [0, 0.05) is 19.1 Å². The molecule has 1 aromatic carbocycles. The van der Waals surface area contributed by atoms with Gasteiger partial charge in [-0.15, -0.1) is 0 Å². The Morgan fingerprint density at radius 2 is 2.24 bits per heavy atom. The fourth-order valence-electron chi connectivity index (χ4n) is 2.23. The summed E-state index contributed by atoms with van der Waals surface area (Å²) in [5, 5.41) is 12.8. The van der Waals surface area contributed by atoms with Crippen molar-refractivity contribution in [1.82, 2.24) is 5.32 Å². The number of para-hydroxylation sites is 1. The summed E-state index contributed by atoms with van der Waals surface area (Å²) < 4.78 is 13.8. The average molecular weight is 238 g/mol. The summed E-state index contributed by atoms with van der Waals surface area (Å²) in [6.07, 6.45) is 0.949. The van der Waals surface area contributed by atoms with Crippen LogP contribution in [0.3, 0.4) is 0 Å². The van der Waals surface area contributed by atoms with Crippen molar-refractivity contribution in [1.29, 1.82) is 0 Å². The van der Waals surface area contributed by atoms with Crippen LogP contribution in [0.15, 0.2) is 24.3 Å². The number of nitrogens with zero attached hydrogens (tertiary/aromatic N) is 1. The van der Waals surface area contributed by atoms with E-state index in [0.717, 1.165) is 13.0 Å². The lowest BCUT2D eigenvalue weighted by Crippen LogP contribution is -2.43. The maximum atomic E-state index is 13.8. The minimum Gasteiger partial charge on any atom is -0.394 e. The van der Waals surface area contributed by atoms with Gasteiger partial charge < -0.3 is 15.3 Å². The highest BCUT2D eigenvalue weighted by Gasteiger charge is 2.24. The van der Waals surface area contributed by atoms with Crippen LogP contribution in [0, 0.1) is 5.82 Å². The molecule has 2 unspecified atom stereocenters. The predicted octanol–water partition coefficient (Wildman–Crippen LogP) is 1.37. The summed E-state index contributed by atoms with van der Waals surface area (Å²) in [6, 6.07) is 7.09. The second-order valence-corrected chi connectivity index (χ2v) is 4.58. The number of hydrogen-bond acceptors (Lipinski definition) is 3. The van der Waals surface area contributed by atoms with Crippen LogP contribution in [-0.4, -0.2) is 36.9 Å². The molecular formula is C13H19FN2O. The maximum absolute atomic E-state index is 13.8. The van der Waals surface area contributed by atoms with E-state index in [1.54, 1.807) is 12.1 Å². The lowest BCUT2D eigenvalue weighted by atomic mass is 10.2. The second-order valence-electron chi connectivity index (χ2n) is 4.58. The van der Waals surface area contributed by atoms with Crippen molar-refractivity contribution in [3.05, 3.63) is 30.1 Å². The van der Waals surface area contributed by atoms with E-state index in [-0.39, 0.29) is 18.5 Å². The van der Waals surface area contributed by atoms with Crippen LogP contribution in [0.4, 0.5) is 10.1 Å².